The standard InChI is InChI=1S/C13H12BrCl2NO/c14-6-8(13(18)7-4-5-7)12(17)11-9(15)2-1-3-10(11)16/h1-3,7H,4-6,17H2. The quantitative estimate of drug-likeness (QED) is 0.659. The van der Waals surface area contributed by atoms with E-state index in [0.29, 0.717) is 32.2 Å². The zero-order valence-corrected chi connectivity index (χ0v) is 12.6. The average molecular weight is 349 g/mol. The van der Waals surface area contributed by atoms with Crippen LogP contribution in [0.4, 0.5) is 0 Å². The first-order chi connectivity index (χ1) is 8.56. The smallest absolute Gasteiger partial charge is 0.164 e. The van der Waals surface area contributed by atoms with Crippen LogP contribution in [0.25, 0.3) is 5.70 Å². The molecule has 0 aliphatic heterocycles. The Morgan fingerprint density at radius 1 is 1.33 bits per heavy atom. The minimum Gasteiger partial charge on any atom is -0.398 e. The minimum atomic E-state index is 0.0976. The Bertz CT molecular complexity index is 503. The summed E-state index contributed by atoms with van der Waals surface area (Å²) in [5, 5.41) is 1.33. The normalized spacial score (nSPS) is 16.4. The summed E-state index contributed by atoms with van der Waals surface area (Å²) < 4.78 is 0. The lowest BCUT2D eigenvalue weighted by Gasteiger charge is -2.12. The molecule has 96 valence electrons. The molecule has 0 spiro atoms. The average Bonchev–Trinajstić information content (AvgIpc) is 3.13. The monoisotopic (exact) mass is 347 g/mol. The number of Topliss-reactive ketones (excluding diaryl/α,β-unsaturated/α-hetero) is 1. The molecule has 2 rings (SSSR count). The summed E-state index contributed by atoms with van der Waals surface area (Å²) in [5.41, 5.74) is 7.56. The third-order valence-electron chi connectivity index (χ3n) is 2.94. The zero-order valence-electron chi connectivity index (χ0n) is 9.55. The van der Waals surface area contributed by atoms with Crippen molar-refractivity contribution in [3.63, 3.8) is 0 Å². The highest BCUT2D eigenvalue weighted by Crippen LogP contribution is 2.36. The summed E-state index contributed by atoms with van der Waals surface area (Å²) in [6.07, 6.45) is 1.89. The van der Waals surface area contributed by atoms with Gasteiger partial charge in [0.1, 0.15) is 0 Å². The fraction of sp³-hybridized carbons (Fsp3) is 0.308. The molecule has 2 nitrogen and oxygen atoms in total. The van der Waals surface area contributed by atoms with Crippen molar-refractivity contribution in [3.8, 4) is 0 Å². The third-order valence-corrected chi connectivity index (χ3v) is 4.13. The van der Waals surface area contributed by atoms with Gasteiger partial charge in [0.25, 0.3) is 0 Å². The summed E-state index contributed by atoms with van der Waals surface area (Å²) in [7, 11) is 0. The van der Waals surface area contributed by atoms with E-state index in [9.17, 15) is 4.79 Å². The molecule has 0 saturated heterocycles. The van der Waals surface area contributed by atoms with Gasteiger partial charge in [-0.2, -0.15) is 0 Å². The van der Waals surface area contributed by atoms with E-state index in [2.05, 4.69) is 15.9 Å². The van der Waals surface area contributed by atoms with Crippen molar-refractivity contribution in [2.75, 3.05) is 5.33 Å². The van der Waals surface area contributed by atoms with Crippen LogP contribution in [0.3, 0.4) is 0 Å². The molecule has 0 aromatic heterocycles. The van der Waals surface area contributed by atoms with Gasteiger partial charge in [-0.15, -0.1) is 0 Å². The van der Waals surface area contributed by atoms with Crippen molar-refractivity contribution < 1.29 is 4.79 Å². The van der Waals surface area contributed by atoms with Gasteiger partial charge >= 0.3 is 0 Å². The van der Waals surface area contributed by atoms with Gasteiger partial charge in [0, 0.05) is 28.1 Å². The van der Waals surface area contributed by atoms with Gasteiger partial charge in [0.2, 0.25) is 0 Å². The maximum Gasteiger partial charge on any atom is 0.164 e. The fourth-order valence-electron chi connectivity index (χ4n) is 1.77. The molecule has 1 fully saturated rings. The van der Waals surface area contributed by atoms with Crippen LogP contribution in [-0.2, 0) is 4.79 Å². The number of allylic oxidation sites excluding steroid dienone is 1. The molecule has 18 heavy (non-hydrogen) atoms. The zero-order chi connectivity index (χ0) is 13.3. The van der Waals surface area contributed by atoms with Crippen molar-refractivity contribution in [1.29, 1.82) is 0 Å². The highest BCUT2D eigenvalue weighted by Gasteiger charge is 2.33. The van der Waals surface area contributed by atoms with E-state index in [1.54, 1.807) is 18.2 Å². The molecule has 1 saturated carbocycles. The lowest BCUT2D eigenvalue weighted by molar-refractivity contribution is -0.116. The molecule has 1 aromatic carbocycles. The van der Waals surface area contributed by atoms with Crippen molar-refractivity contribution in [2.24, 2.45) is 11.7 Å². The molecule has 0 atom stereocenters. The van der Waals surface area contributed by atoms with Crippen LogP contribution in [-0.4, -0.2) is 11.1 Å². The first kappa shape index (κ1) is 13.9. The number of carbonyl (C=O) groups excluding carboxylic acids is 1. The molecule has 5 heteroatoms. The van der Waals surface area contributed by atoms with Crippen LogP contribution >= 0.6 is 39.1 Å². The SMILES string of the molecule is NC(=C(CBr)C(=O)C1CC1)c1c(Cl)cccc1Cl. The Kier molecular flexibility index (Phi) is 4.36. The Hall–Kier alpha value is -0.510. The lowest BCUT2D eigenvalue weighted by Crippen LogP contribution is -2.13. The molecule has 0 heterocycles. The largest absolute Gasteiger partial charge is 0.398 e. The number of alkyl halides is 1. The molecule has 1 aliphatic rings. The number of ketones is 1. The molecule has 0 unspecified atom stereocenters. The van der Waals surface area contributed by atoms with E-state index in [0.717, 1.165) is 12.8 Å². The van der Waals surface area contributed by atoms with E-state index in [1.165, 1.54) is 0 Å². The Balaban J connectivity index is 2.49. The molecular weight excluding hydrogens is 337 g/mol. The maximum atomic E-state index is 12.1. The van der Waals surface area contributed by atoms with Crippen LogP contribution in [0.15, 0.2) is 23.8 Å². The van der Waals surface area contributed by atoms with Gasteiger partial charge < -0.3 is 5.73 Å². The van der Waals surface area contributed by atoms with Gasteiger partial charge in [-0.1, -0.05) is 45.2 Å². The van der Waals surface area contributed by atoms with Gasteiger partial charge in [-0.25, -0.2) is 0 Å². The summed E-state index contributed by atoms with van der Waals surface area (Å²) in [6, 6.07) is 5.17. The number of halogens is 3. The van der Waals surface area contributed by atoms with Crippen molar-refractivity contribution in [2.45, 2.75) is 12.8 Å². The number of carbonyl (C=O) groups is 1. The summed E-state index contributed by atoms with van der Waals surface area (Å²) in [4.78, 5) is 12.1. The number of rotatable bonds is 4. The van der Waals surface area contributed by atoms with E-state index >= 15 is 0 Å². The van der Waals surface area contributed by atoms with Gasteiger partial charge in [-0.05, 0) is 25.0 Å². The number of benzene rings is 1. The van der Waals surface area contributed by atoms with E-state index < -0.39 is 0 Å². The van der Waals surface area contributed by atoms with Gasteiger partial charge in [0.05, 0.1) is 10.0 Å². The maximum absolute atomic E-state index is 12.1. The van der Waals surface area contributed by atoms with Crippen LogP contribution in [0, 0.1) is 5.92 Å². The van der Waals surface area contributed by atoms with Crippen LogP contribution in [0.5, 0.6) is 0 Å². The summed E-state index contributed by atoms with van der Waals surface area (Å²) in [5.74, 6) is 0.220. The molecule has 2 N–H and O–H groups in total. The van der Waals surface area contributed by atoms with E-state index in [4.69, 9.17) is 28.9 Å². The highest BCUT2D eigenvalue weighted by atomic mass is 79.9. The Labute approximate surface area is 124 Å². The van der Waals surface area contributed by atoms with Crippen molar-refractivity contribution >= 4 is 50.6 Å². The fourth-order valence-corrected chi connectivity index (χ4v) is 2.95. The topological polar surface area (TPSA) is 43.1 Å². The molecule has 0 radical (unpaired) electrons. The first-order valence-corrected chi connectivity index (χ1v) is 7.47. The molecule has 0 amide bonds. The van der Waals surface area contributed by atoms with E-state index in [-0.39, 0.29) is 11.7 Å². The number of hydrogen-bond donors (Lipinski definition) is 1. The Morgan fingerprint density at radius 3 is 2.33 bits per heavy atom. The second-order valence-electron chi connectivity index (χ2n) is 4.26. The van der Waals surface area contributed by atoms with Gasteiger partial charge in [-0.3, -0.25) is 4.79 Å². The van der Waals surface area contributed by atoms with Crippen LogP contribution in [0.2, 0.25) is 10.0 Å². The molecule has 0 bridgehead atoms. The summed E-state index contributed by atoms with van der Waals surface area (Å²) in [6.45, 7) is 0. The second-order valence-corrected chi connectivity index (χ2v) is 5.64. The second kappa shape index (κ2) is 5.64. The molecular formula is C13H12BrCl2NO. The van der Waals surface area contributed by atoms with Crippen molar-refractivity contribution in [1.82, 2.24) is 0 Å². The third kappa shape index (κ3) is 2.73. The minimum absolute atomic E-state index is 0.0976. The molecule has 1 aliphatic carbocycles. The first-order valence-electron chi connectivity index (χ1n) is 5.59. The molecule has 1 aromatic rings. The van der Waals surface area contributed by atoms with Gasteiger partial charge in [0.15, 0.2) is 5.78 Å². The van der Waals surface area contributed by atoms with Crippen LogP contribution in [0.1, 0.15) is 18.4 Å². The van der Waals surface area contributed by atoms with Crippen LogP contribution < -0.4 is 5.73 Å². The number of hydrogen-bond acceptors (Lipinski definition) is 2. The predicted molar refractivity (Wildman–Crippen MR) is 79.1 cm³/mol. The predicted octanol–water partition coefficient (Wildman–Crippen LogP) is 4.04. The summed E-state index contributed by atoms with van der Waals surface area (Å²) >= 11 is 15.5. The van der Waals surface area contributed by atoms with E-state index in [1.807, 2.05) is 0 Å². The van der Waals surface area contributed by atoms with Crippen molar-refractivity contribution in [3.05, 3.63) is 39.4 Å². The number of nitrogens with two attached hydrogens (primary N) is 1. The Morgan fingerprint density at radius 2 is 1.89 bits per heavy atom. The highest BCUT2D eigenvalue weighted by molar-refractivity contribution is 9.09. The lowest BCUT2D eigenvalue weighted by atomic mass is 10.0.